The van der Waals surface area contributed by atoms with E-state index in [2.05, 4.69) is 5.32 Å². The molecule has 1 nitrogen and oxygen atoms in total. The second-order valence-electron chi connectivity index (χ2n) is 5.02. The van der Waals surface area contributed by atoms with Crippen LogP contribution in [0.4, 0.5) is 0 Å². The van der Waals surface area contributed by atoms with Crippen molar-refractivity contribution in [3.8, 4) is 0 Å². The molecule has 0 radical (unpaired) electrons. The fourth-order valence-corrected chi connectivity index (χ4v) is 4.07. The zero-order chi connectivity index (χ0) is 7.97. The third kappa shape index (κ3) is 0.953. The Balaban J connectivity index is 1.84. The van der Waals surface area contributed by atoms with Gasteiger partial charge in [0.2, 0.25) is 0 Å². The van der Waals surface area contributed by atoms with E-state index in [1.165, 1.54) is 32.4 Å². The highest BCUT2D eigenvalue weighted by atomic mass is 14.9. The maximum absolute atomic E-state index is 3.61. The molecular weight excluding hydrogens is 146 g/mol. The molecule has 4 unspecified atom stereocenters. The summed E-state index contributed by atoms with van der Waals surface area (Å²) in [5, 5.41) is 3.61. The molecule has 0 bridgehead atoms. The molecule has 1 saturated heterocycles. The second-order valence-corrected chi connectivity index (χ2v) is 5.02. The summed E-state index contributed by atoms with van der Waals surface area (Å²) in [6.45, 7) is 2.66. The van der Waals surface area contributed by atoms with Gasteiger partial charge < -0.3 is 5.32 Å². The van der Waals surface area contributed by atoms with Crippen molar-refractivity contribution >= 4 is 0 Å². The molecule has 12 heavy (non-hydrogen) atoms. The van der Waals surface area contributed by atoms with E-state index in [4.69, 9.17) is 0 Å². The molecule has 3 fully saturated rings. The summed E-state index contributed by atoms with van der Waals surface area (Å²) in [7, 11) is 0. The predicted molar refractivity (Wildman–Crippen MR) is 49.9 cm³/mol. The zero-order valence-electron chi connectivity index (χ0n) is 7.76. The van der Waals surface area contributed by atoms with Gasteiger partial charge in [-0.05, 0) is 56.0 Å². The summed E-state index contributed by atoms with van der Waals surface area (Å²) in [4.78, 5) is 0. The van der Waals surface area contributed by atoms with Gasteiger partial charge in [-0.2, -0.15) is 0 Å². The molecule has 0 aromatic carbocycles. The highest BCUT2D eigenvalue weighted by Crippen LogP contribution is 2.49. The first kappa shape index (κ1) is 7.37. The minimum absolute atomic E-state index is 1.06. The zero-order valence-corrected chi connectivity index (χ0v) is 7.76. The molecule has 1 N–H and O–H groups in total. The van der Waals surface area contributed by atoms with Gasteiger partial charge in [0.1, 0.15) is 0 Å². The van der Waals surface area contributed by atoms with Crippen molar-refractivity contribution in [2.75, 3.05) is 13.1 Å². The van der Waals surface area contributed by atoms with Crippen molar-refractivity contribution in [3.63, 3.8) is 0 Å². The lowest BCUT2D eigenvalue weighted by Gasteiger charge is -2.41. The lowest BCUT2D eigenvalue weighted by atomic mass is 9.69. The van der Waals surface area contributed by atoms with Crippen molar-refractivity contribution in [2.24, 2.45) is 23.7 Å². The van der Waals surface area contributed by atoms with Crippen LogP contribution in [0.2, 0.25) is 0 Å². The lowest BCUT2D eigenvalue weighted by molar-refractivity contribution is 0.108. The normalized spacial score (nSPS) is 52.0. The SMILES string of the molecule is C1CC2CCC3CNCC(C1)C23. The minimum Gasteiger partial charge on any atom is -0.316 e. The third-order valence-electron chi connectivity index (χ3n) is 4.50. The van der Waals surface area contributed by atoms with Crippen molar-refractivity contribution in [1.82, 2.24) is 5.32 Å². The standard InChI is InChI=1S/C11H19N/c1-2-8-4-5-10-7-12-6-9(3-1)11(8)10/h8-12H,1-7H2. The van der Waals surface area contributed by atoms with Gasteiger partial charge in [0.05, 0.1) is 0 Å². The van der Waals surface area contributed by atoms with Crippen LogP contribution in [-0.4, -0.2) is 13.1 Å². The molecule has 4 atom stereocenters. The first-order valence-electron chi connectivity index (χ1n) is 5.66. The van der Waals surface area contributed by atoms with E-state index in [0.29, 0.717) is 0 Å². The van der Waals surface area contributed by atoms with Crippen molar-refractivity contribution < 1.29 is 0 Å². The topological polar surface area (TPSA) is 12.0 Å². The highest BCUT2D eigenvalue weighted by Gasteiger charge is 2.44. The summed E-state index contributed by atoms with van der Waals surface area (Å²) in [5.41, 5.74) is 0. The average molecular weight is 165 g/mol. The Morgan fingerprint density at radius 1 is 0.750 bits per heavy atom. The average Bonchev–Trinajstić information content (AvgIpc) is 2.52. The Bertz CT molecular complexity index is 160. The lowest BCUT2D eigenvalue weighted by Crippen LogP contribution is -2.44. The molecule has 2 aliphatic carbocycles. The van der Waals surface area contributed by atoms with Gasteiger partial charge >= 0.3 is 0 Å². The molecule has 1 aliphatic heterocycles. The summed E-state index contributed by atoms with van der Waals surface area (Å²) in [6, 6.07) is 0. The quantitative estimate of drug-likeness (QED) is 0.579. The Hall–Kier alpha value is -0.0400. The van der Waals surface area contributed by atoms with E-state index < -0.39 is 0 Å². The molecule has 3 rings (SSSR count). The van der Waals surface area contributed by atoms with Crippen LogP contribution in [0.25, 0.3) is 0 Å². The molecule has 0 spiro atoms. The first-order chi connectivity index (χ1) is 5.95. The van der Waals surface area contributed by atoms with Gasteiger partial charge in [-0.3, -0.25) is 0 Å². The van der Waals surface area contributed by atoms with Crippen LogP contribution in [0, 0.1) is 23.7 Å². The van der Waals surface area contributed by atoms with Gasteiger partial charge in [-0.25, -0.2) is 0 Å². The van der Waals surface area contributed by atoms with E-state index in [9.17, 15) is 0 Å². The van der Waals surface area contributed by atoms with Crippen molar-refractivity contribution in [3.05, 3.63) is 0 Å². The fraction of sp³-hybridized carbons (Fsp3) is 1.00. The number of rotatable bonds is 0. The maximum atomic E-state index is 3.61. The van der Waals surface area contributed by atoms with E-state index in [1.54, 1.807) is 12.8 Å². The van der Waals surface area contributed by atoms with Crippen LogP contribution in [-0.2, 0) is 0 Å². The highest BCUT2D eigenvalue weighted by molar-refractivity contribution is 4.96. The van der Waals surface area contributed by atoms with E-state index in [-0.39, 0.29) is 0 Å². The van der Waals surface area contributed by atoms with Crippen LogP contribution in [0.5, 0.6) is 0 Å². The number of hydrogen-bond acceptors (Lipinski definition) is 1. The van der Waals surface area contributed by atoms with Gasteiger partial charge in [0, 0.05) is 0 Å². The predicted octanol–water partition coefficient (Wildman–Crippen LogP) is 2.03. The van der Waals surface area contributed by atoms with Crippen LogP contribution < -0.4 is 5.32 Å². The minimum atomic E-state index is 1.06. The van der Waals surface area contributed by atoms with Gasteiger partial charge in [0.25, 0.3) is 0 Å². The van der Waals surface area contributed by atoms with Gasteiger partial charge in [-0.1, -0.05) is 12.8 Å². The molecule has 0 aromatic rings. The summed E-state index contributed by atoms with van der Waals surface area (Å²) < 4.78 is 0. The Labute approximate surface area is 74.9 Å². The Morgan fingerprint density at radius 3 is 2.33 bits per heavy atom. The van der Waals surface area contributed by atoms with Crippen molar-refractivity contribution in [1.29, 1.82) is 0 Å². The molecule has 2 saturated carbocycles. The molecule has 1 heteroatoms. The molecule has 68 valence electrons. The third-order valence-corrected chi connectivity index (χ3v) is 4.50. The molecule has 3 aliphatic rings. The first-order valence-corrected chi connectivity index (χ1v) is 5.66. The van der Waals surface area contributed by atoms with Crippen LogP contribution in [0.1, 0.15) is 32.1 Å². The largest absolute Gasteiger partial charge is 0.316 e. The fourth-order valence-electron chi connectivity index (χ4n) is 4.07. The Morgan fingerprint density at radius 2 is 1.42 bits per heavy atom. The molecule has 0 aromatic heterocycles. The van der Waals surface area contributed by atoms with Gasteiger partial charge in [0.15, 0.2) is 0 Å². The van der Waals surface area contributed by atoms with E-state index in [1.807, 2.05) is 0 Å². The monoisotopic (exact) mass is 165 g/mol. The van der Waals surface area contributed by atoms with Crippen molar-refractivity contribution in [2.45, 2.75) is 32.1 Å². The number of hydrogen-bond donors (Lipinski definition) is 1. The maximum Gasteiger partial charge on any atom is -0.00175 e. The number of piperidine rings is 1. The van der Waals surface area contributed by atoms with Crippen LogP contribution in [0.15, 0.2) is 0 Å². The van der Waals surface area contributed by atoms with Gasteiger partial charge in [-0.15, -0.1) is 0 Å². The summed E-state index contributed by atoms with van der Waals surface area (Å²) in [6.07, 6.45) is 7.66. The van der Waals surface area contributed by atoms with Crippen LogP contribution in [0.3, 0.4) is 0 Å². The van der Waals surface area contributed by atoms with E-state index >= 15 is 0 Å². The smallest absolute Gasteiger partial charge is 0.00175 e. The summed E-state index contributed by atoms with van der Waals surface area (Å²) in [5.74, 6) is 4.40. The molecule has 1 heterocycles. The van der Waals surface area contributed by atoms with E-state index in [0.717, 1.165) is 23.7 Å². The molecule has 0 amide bonds. The number of nitrogens with one attached hydrogen (secondary N) is 1. The second kappa shape index (κ2) is 2.73. The van der Waals surface area contributed by atoms with Crippen LogP contribution >= 0.6 is 0 Å². The Kier molecular flexibility index (Phi) is 1.68. The summed E-state index contributed by atoms with van der Waals surface area (Å²) >= 11 is 0. The molecular formula is C11H19N.